The highest BCUT2D eigenvalue weighted by atomic mass is 32.2. The third-order valence-corrected chi connectivity index (χ3v) is 4.78. The van der Waals surface area contributed by atoms with Crippen LogP contribution in [0.3, 0.4) is 0 Å². The van der Waals surface area contributed by atoms with Gasteiger partial charge in [-0.2, -0.15) is 5.26 Å². The number of carbonyl (C=O) groups is 1. The van der Waals surface area contributed by atoms with E-state index in [1.807, 2.05) is 48.0 Å². The molecule has 0 unspecified atom stereocenters. The number of nitriles is 1. The van der Waals surface area contributed by atoms with Crippen molar-refractivity contribution in [3.05, 3.63) is 71.5 Å². The quantitative estimate of drug-likeness (QED) is 0.681. The summed E-state index contributed by atoms with van der Waals surface area (Å²) in [4.78, 5) is 12.1. The maximum absolute atomic E-state index is 12.1. The van der Waals surface area contributed by atoms with E-state index in [4.69, 9.17) is 5.26 Å². The van der Waals surface area contributed by atoms with E-state index in [1.165, 1.54) is 11.8 Å². The molecule has 3 rings (SSSR count). The molecule has 1 amide bonds. The molecule has 130 valence electrons. The highest BCUT2D eigenvalue weighted by molar-refractivity contribution is 7.99. The Morgan fingerprint density at radius 2 is 1.88 bits per heavy atom. The minimum absolute atomic E-state index is 0.132. The molecular formula is C19H17N5OS. The first kappa shape index (κ1) is 17.7. The standard InChI is InChI=1S/C19H17N5OS/c1-24-17(11-14-5-3-2-4-6-14)22-23-19(24)26-13-18(25)21-16-9-7-15(12-20)8-10-16/h2-10H,11,13H2,1H3,(H,21,25). The summed E-state index contributed by atoms with van der Waals surface area (Å²) in [5.74, 6) is 0.954. The zero-order chi connectivity index (χ0) is 18.4. The Morgan fingerprint density at radius 1 is 1.15 bits per heavy atom. The summed E-state index contributed by atoms with van der Waals surface area (Å²) >= 11 is 1.34. The van der Waals surface area contributed by atoms with E-state index in [-0.39, 0.29) is 11.7 Å². The number of anilines is 1. The molecule has 0 saturated heterocycles. The van der Waals surface area contributed by atoms with Crippen molar-refractivity contribution in [3.8, 4) is 6.07 Å². The lowest BCUT2D eigenvalue weighted by molar-refractivity contribution is -0.113. The van der Waals surface area contributed by atoms with Crippen LogP contribution in [0.2, 0.25) is 0 Å². The Balaban J connectivity index is 1.56. The summed E-state index contributed by atoms with van der Waals surface area (Å²) in [6, 6.07) is 18.9. The number of carbonyl (C=O) groups excluding carboxylic acids is 1. The molecular weight excluding hydrogens is 346 g/mol. The molecule has 1 N–H and O–H groups in total. The molecule has 0 fully saturated rings. The summed E-state index contributed by atoms with van der Waals surface area (Å²) in [6.45, 7) is 0. The number of aromatic nitrogens is 3. The van der Waals surface area contributed by atoms with Crippen molar-refractivity contribution < 1.29 is 4.79 Å². The maximum Gasteiger partial charge on any atom is 0.234 e. The lowest BCUT2D eigenvalue weighted by Gasteiger charge is -2.06. The molecule has 0 aliphatic heterocycles. The molecule has 0 atom stereocenters. The second kappa shape index (κ2) is 8.32. The lowest BCUT2D eigenvalue weighted by atomic mass is 10.1. The van der Waals surface area contributed by atoms with Crippen molar-refractivity contribution in [2.45, 2.75) is 11.6 Å². The van der Waals surface area contributed by atoms with Crippen LogP contribution in [0.5, 0.6) is 0 Å². The van der Waals surface area contributed by atoms with Gasteiger partial charge >= 0.3 is 0 Å². The second-order valence-corrected chi connectivity index (χ2v) is 6.59. The molecule has 0 aliphatic rings. The van der Waals surface area contributed by atoms with Gasteiger partial charge in [0.15, 0.2) is 5.16 Å². The first-order valence-electron chi connectivity index (χ1n) is 8.00. The summed E-state index contributed by atoms with van der Waals surface area (Å²) in [6.07, 6.45) is 0.697. The second-order valence-electron chi connectivity index (χ2n) is 5.65. The number of benzene rings is 2. The van der Waals surface area contributed by atoms with Crippen LogP contribution in [0.25, 0.3) is 0 Å². The highest BCUT2D eigenvalue weighted by Gasteiger charge is 2.12. The average Bonchev–Trinajstić information content (AvgIpc) is 3.01. The van der Waals surface area contributed by atoms with E-state index in [0.29, 0.717) is 22.8 Å². The van der Waals surface area contributed by atoms with Gasteiger partial charge in [-0.1, -0.05) is 42.1 Å². The first-order valence-corrected chi connectivity index (χ1v) is 8.99. The van der Waals surface area contributed by atoms with E-state index < -0.39 is 0 Å². The number of thioether (sulfide) groups is 1. The van der Waals surface area contributed by atoms with Gasteiger partial charge in [-0.25, -0.2) is 0 Å². The van der Waals surface area contributed by atoms with E-state index >= 15 is 0 Å². The molecule has 1 aromatic heterocycles. The van der Waals surface area contributed by atoms with Gasteiger partial charge in [0.05, 0.1) is 17.4 Å². The minimum Gasteiger partial charge on any atom is -0.325 e. The number of hydrogen-bond acceptors (Lipinski definition) is 5. The summed E-state index contributed by atoms with van der Waals surface area (Å²) in [5, 5.41) is 20.7. The van der Waals surface area contributed by atoms with Gasteiger partial charge in [0, 0.05) is 19.2 Å². The van der Waals surface area contributed by atoms with E-state index in [9.17, 15) is 4.79 Å². The van der Waals surface area contributed by atoms with Gasteiger partial charge in [-0.05, 0) is 29.8 Å². The largest absolute Gasteiger partial charge is 0.325 e. The first-order chi connectivity index (χ1) is 12.7. The fourth-order valence-electron chi connectivity index (χ4n) is 2.36. The maximum atomic E-state index is 12.1. The van der Waals surface area contributed by atoms with Crippen LogP contribution in [-0.4, -0.2) is 26.4 Å². The van der Waals surface area contributed by atoms with E-state index in [2.05, 4.69) is 15.5 Å². The Kier molecular flexibility index (Phi) is 5.66. The van der Waals surface area contributed by atoms with Crippen LogP contribution < -0.4 is 5.32 Å². The van der Waals surface area contributed by atoms with Gasteiger partial charge in [0.25, 0.3) is 0 Å². The Morgan fingerprint density at radius 3 is 2.58 bits per heavy atom. The van der Waals surface area contributed by atoms with Crippen LogP contribution >= 0.6 is 11.8 Å². The van der Waals surface area contributed by atoms with Crippen LogP contribution in [0.4, 0.5) is 5.69 Å². The van der Waals surface area contributed by atoms with Crippen LogP contribution in [0.15, 0.2) is 59.8 Å². The van der Waals surface area contributed by atoms with Gasteiger partial charge in [0.2, 0.25) is 5.91 Å². The van der Waals surface area contributed by atoms with Gasteiger partial charge < -0.3 is 9.88 Å². The monoisotopic (exact) mass is 363 g/mol. The smallest absolute Gasteiger partial charge is 0.234 e. The van der Waals surface area contributed by atoms with Gasteiger partial charge in [-0.15, -0.1) is 10.2 Å². The van der Waals surface area contributed by atoms with Crippen molar-refractivity contribution in [2.24, 2.45) is 7.05 Å². The van der Waals surface area contributed by atoms with Crippen molar-refractivity contribution in [3.63, 3.8) is 0 Å². The fraction of sp³-hybridized carbons (Fsp3) is 0.158. The summed E-state index contributed by atoms with van der Waals surface area (Å²) in [5.41, 5.74) is 2.39. The molecule has 0 bridgehead atoms. The zero-order valence-electron chi connectivity index (χ0n) is 14.2. The van der Waals surface area contributed by atoms with Crippen molar-refractivity contribution in [1.29, 1.82) is 5.26 Å². The number of amides is 1. The van der Waals surface area contributed by atoms with Gasteiger partial charge in [0.1, 0.15) is 5.82 Å². The SMILES string of the molecule is Cn1c(Cc2ccccc2)nnc1SCC(=O)Nc1ccc(C#N)cc1. The van der Waals surface area contributed by atoms with Gasteiger partial charge in [-0.3, -0.25) is 4.79 Å². The fourth-order valence-corrected chi connectivity index (χ4v) is 3.09. The topological polar surface area (TPSA) is 83.6 Å². The van der Waals surface area contributed by atoms with Crippen LogP contribution in [0, 0.1) is 11.3 Å². The number of hydrogen-bond donors (Lipinski definition) is 1. The third-order valence-electron chi connectivity index (χ3n) is 3.76. The molecule has 26 heavy (non-hydrogen) atoms. The molecule has 2 aromatic carbocycles. The van der Waals surface area contributed by atoms with Crippen molar-refractivity contribution >= 4 is 23.4 Å². The predicted molar refractivity (Wildman–Crippen MR) is 101 cm³/mol. The Labute approximate surface area is 155 Å². The lowest BCUT2D eigenvalue weighted by Crippen LogP contribution is -2.14. The zero-order valence-corrected chi connectivity index (χ0v) is 15.0. The number of nitrogens with one attached hydrogen (secondary N) is 1. The molecule has 3 aromatic rings. The molecule has 0 aliphatic carbocycles. The molecule has 7 heteroatoms. The molecule has 0 spiro atoms. The minimum atomic E-state index is -0.132. The van der Waals surface area contributed by atoms with E-state index in [0.717, 1.165) is 11.4 Å². The Bertz CT molecular complexity index is 929. The van der Waals surface area contributed by atoms with Crippen molar-refractivity contribution in [2.75, 3.05) is 11.1 Å². The molecule has 0 saturated carbocycles. The average molecular weight is 363 g/mol. The third kappa shape index (κ3) is 4.49. The molecule has 0 radical (unpaired) electrons. The van der Waals surface area contributed by atoms with Crippen LogP contribution in [-0.2, 0) is 18.3 Å². The predicted octanol–water partition coefficient (Wildman–Crippen LogP) is 3.01. The summed E-state index contributed by atoms with van der Waals surface area (Å²) in [7, 11) is 1.90. The summed E-state index contributed by atoms with van der Waals surface area (Å²) < 4.78 is 1.91. The van der Waals surface area contributed by atoms with E-state index in [1.54, 1.807) is 24.3 Å². The Hall–Kier alpha value is -3.11. The number of rotatable bonds is 6. The molecule has 1 heterocycles. The van der Waals surface area contributed by atoms with Crippen molar-refractivity contribution in [1.82, 2.24) is 14.8 Å². The van der Waals surface area contributed by atoms with Crippen LogP contribution in [0.1, 0.15) is 17.0 Å². The highest BCUT2D eigenvalue weighted by Crippen LogP contribution is 2.18. The molecule has 6 nitrogen and oxygen atoms in total. The normalized spacial score (nSPS) is 10.3. The number of nitrogens with zero attached hydrogens (tertiary/aromatic N) is 4.